The van der Waals surface area contributed by atoms with Crippen molar-refractivity contribution >= 4 is 23.2 Å². The van der Waals surface area contributed by atoms with Crippen molar-refractivity contribution in [3.63, 3.8) is 0 Å². The van der Waals surface area contributed by atoms with Crippen LogP contribution in [0, 0.1) is 0 Å². The number of nitrogens with zero attached hydrogens (tertiary/aromatic N) is 1. The zero-order valence-electron chi connectivity index (χ0n) is 9.26. The lowest BCUT2D eigenvalue weighted by atomic mass is 10.1. The van der Waals surface area contributed by atoms with Crippen molar-refractivity contribution in [2.45, 2.75) is 25.3 Å². The maximum absolute atomic E-state index is 11.4. The summed E-state index contributed by atoms with van der Waals surface area (Å²) >= 11 is 1.53. The Morgan fingerprint density at radius 3 is 2.94 bits per heavy atom. The van der Waals surface area contributed by atoms with Gasteiger partial charge in [-0.2, -0.15) is 0 Å². The normalized spacial score (nSPS) is 12.1. The molecule has 0 saturated heterocycles. The number of thiazole rings is 1. The Hall–Kier alpha value is -1.47. The average Bonchev–Trinajstić information content (AvgIpc) is 2.78. The maximum Gasteiger partial charge on any atom is 0.303 e. The van der Waals surface area contributed by atoms with Gasteiger partial charge in [0.15, 0.2) is 0 Å². The fourth-order valence-electron chi connectivity index (χ4n) is 1.21. The molecule has 1 heterocycles. The molecule has 1 unspecified atom stereocenters. The molecule has 4 N–H and O–H groups in total. The van der Waals surface area contributed by atoms with E-state index in [9.17, 15) is 9.59 Å². The highest BCUT2D eigenvalue weighted by Crippen LogP contribution is 2.03. The second-order valence-electron chi connectivity index (χ2n) is 3.51. The van der Waals surface area contributed by atoms with Crippen LogP contribution in [0.3, 0.4) is 0 Å². The van der Waals surface area contributed by atoms with E-state index in [0.29, 0.717) is 13.0 Å². The van der Waals surface area contributed by atoms with E-state index in [1.54, 1.807) is 6.20 Å². The molecule has 1 aromatic rings. The van der Waals surface area contributed by atoms with E-state index in [0.717, 1.165) is 5.01 Å². The molecular weight excluding hydrogens is 242 g/mol. The molecule has 0 bridgehead atoms. The molecule has 0 fully saturated rings. The molecule has 94 valence electrons. The van der Waals surface area contributed by atoms with Crippen molar-refractivity contribution in [3.8, 4) is 0 Å². The number of hydrogen-bond acceptors (Lipinski definition) is 5. The van der Waals surface area contributed by atoms with Crippen LogP contribution in [0.25, 0.3) is 0 Å². The van der Waals surface area contributed by atoms with Crippen LogP contribution in [0.5, 0.6) is 0 Å². The summed E-state index contributed by atoms with van der Waals surface area (Å²) in [4.78, 5) is 25.8. The zero-order valence-corrected chi connectivity index (χ0v) is 10.1. The van der Waals surface area contributed by atoms with Gasteiger partial charge in [-0.15, -0.1) is 11.3 Å². The molecule has 17 heavy (non-hydrogen) atoms. The molecule has 0 aromatic carbocycles. The number of hydrogen-bond donors (Lipinski definition) is 3. The minimum Gasteiger partial charge on any atom is -0.481 e. The summed E-state index contributed by atoms with van der Waals surface area (Å²) in [5, 5.41) is 13.9. The highest BCUT2D eigenvalue weighted by atomic mass is 32.1. The number of rotatable bonds is 7. The largest absolute Gasteiger partial charge is 0.481 e. The summed E-state index contributed by atoms with van der Waals surface area (Å²) in [5.74, 6) is -1.26. The lowest BCUT2D eigenvalue weighted by Crippen LogP contribution is -2.41. The molecule has 0 aliphatic heterocycles. The molecule has 0 aliphatic rings. The van der Waals surface area contributed by atoms with Crippen molar-refractivity contribution in [3.05, 3.63) is 16.6 Å². The smallest absolute Gasteiger partial charge is 0.303 e. The fraction of sp³-hybridized carbons (Fsp3) is 0.500. The number of nitrogens with one attached hydrogen (secondary N) is 1. The summed E-state index contributed by atoms with van der Waals surface area (Å²) in [6, 6.07) is -0.762. The first kappa shape index (κ1) is 13.6. The number of carboxylic acid groups (broad SMARTS) is 1. The second-order valence-corrected chi connectivity index (χ2v) is 4.48. The van der Waals surface area contributed by atoms with Gasteiger partial charge in [0.1, 0.15) is 0 Å². The first-order chi connectivity index (χ1) is 8.09. The monoisotopic (exact) mass is 257 g/mol. The van der Waals surface area contributed by atoms with Gasteiger partial charge in [0.2, 0.25) is 5.91 Å². The molecule has 1 aromatic heterocycles. The second kappa shape index (κ2) is 6.97. The van der Waals surface area contributed by atoms with Crippen molar-refractivity contribution in [1.29, 1.82) is 0 Å². The summed E-state index contributed by atoms with van der Waals surface area (Å²) in [6.45, 7) is 0.465. The fourth-order valence-corrected chi connectivity index (χ4v) is 1.83. The van der Waals surface area contributed by atoms with Crippen molar-refractivity contribution in [2.24, 2.45) is 5.73 Å². The summed E-state index contributed by atoms with van der Waals surface area (Å²) < 4.78 is 0. The van der Waals surface area contributed by atoms with E-state index in [1.807, 2.05) is 5.38 Å². The Labute approximate surface area is 103 Å². The van der Waals surface area contributed by atoms with E-state index >= 15 is 0 Å². The SMILES string of the molecule is NC(CCC(=O)O)C(=O)NCCc1nccs1. The molecular formula is C10H15N3O3S. The van der Waals surface area contributed by atoms with E-state index in [4.69, 9.17) is 10.8 Å². The number of aliphatic carboxylic acids is 1. The third-order valence-electron chi connectivity index (χ3n) is 2.13. The zero-order chi connectivity index (χ0) is 12.7. The van der Waals surface area contributed by atoms with Gasteiger partial charge in [-0.1, -0.05) is 0 Å². The van der Waals surface area contributed by atoms with Gasteiger partial charge in [-0.05, 0) is 6.42 Å². The third kappa shape index (κ3) is 5.41. The van der Waals surface area contributed by atoms with Gasteiger partial charge in [0.05, 0.1) is 11.0 Å². The van der Waals surface area contributed by atoms with Crippen molar-refractivity contribution in [1.82, 2.24) is 10.3 Å². The molecule has 0 radical (unpaired) electrons. The van der Waals surface area contributed by atoms with Crippen LogP contribution >= 0.6 is 11.3 Å². The lowest BCUT2D eigenvalue weighted by Gasteiger charge is -2.10. The van der Waals surface area contributed by atoms with Gasteiger partial charge in [0.25, 0.3) is 0 Å². The minimum atomic E-state index is -0.948. The Morgan fingerprint density at radius 2 is 2.35 bits per heavy atom. The van der Waals surface area contributed by atoms with Crippen molar-refractivity contribution in [2.75, 3.05) is 6.54 Å². The summed E-state index contributed by atoms with van der Waals surface area (Å²) in [7, 11) is 0. The van der Waals surface area contributed by atoms with Gasteiger partial charge >= 0.3 is 5.97 Å². The number of carbonyl (C=O) groups is 2. The molecule has 1 rings (SSSR count). The van der Waals surface area contributed by atoms with E-state index in [2.05, 4.69) is 10.3 Å². The van der Waals surface area contributed by atoms with Gasteiger partial charge < -0.3 is 16.2 Å². The molecule has 1 amide bonds. The number of carboxylic acids is 1. The predicted octanol–water partition coefficient (Wildman–Crippen LogP) is -0.00610. The van der Waals surface area contributed by atoms with E-state index < -0.39 is 12.0 Å². The van der Waals surface area contributed by atoms with Crippen LogP contribution in [0.1, 0.15) is 17.8 Å². The Balaban J connectivity index is 2.17. The standard InChI is InChI=1S/C10H15N3O3S/c11-7(1-2-9(14)15)10(16)13-4-3-8-12-5-6-17-8/h5-7H,1-4,11H2,(H,13,16)(H,14,15). The first-order valence-corrected chi connectivity index (χ1v) is 6.11. The van der Waals surface area contributed by atoms with Crippen LogP contribution in [-0.2, 0) is 16.0 Å². The van der Waals surface area contributed by atoms with E-state index in [1.165, 1.54) is 11.3 Å². The van der Waals surface area contributed by atoms with Crippen LogP contribution in [0.4, 0.5) is 0 Å². The molecule has 0 spiro atoms. The highest BCUT2D eigenvalue weighted by molar-refractivity contribution is 7.09. The molecule has 0 aliphatic carbocycles. The van der Waals surface area contributed by atoms with Gasteiger partial charge in [0, 0.05) is 31.0 Å². The molecule has 0 saturated carbocycles. The number of aromatic nitrogens is 1. The molecule has 6 nitrogen and oxygen atoms in total. The number of carbonyl (C=O) groups excluding carboxylic acids is 1. The Morgan fingerprint density at radius 1 is 1.59 bits per heavy atom. The first-order valence-electron chi connectivity index (χ1n) is 5.23. The summed E-state index contributed by atoms with van der Waals surface area (Å²) in [5.41, 5.74) is 5.54. The average molecular weight is 257 g/mol. The Kier molecular flexibility index (Phi) is 5.58. The molecule has 7 heteroatoms. The Bertz CT molecular complexity index is 367. The van der Waals surface area contributed by atoms with Crippen LogP contribution in [0.2, 0.25) is 0 Å². The lowest BCUT2D eigenvalue weighted by molar-refractivity contribution is -0.137. The highest BCUT2D eigenvalue weighted by Gasteiger charge is 2.14. The van der Waals surface area contributed by atoms with E-state index in [-0.39, 0.29) is 18.7 Å². The van der Waals surface area contributed by atoms with Crippen LogP contribution in [0.15, 0.2) is 11.6 Å². The van der Waals surface area contributed by atoms with Crippen LogP contribution in [-0.4, -0.2) is 34.6 Å². The quantitative estimate of drug-likeness (QED) is 0.637. The predicted molar refractivity (Wildman–Crippen MR) is 63.7 cm³/mol. The van der Waals surface area contributed by atoms with Crippen molar-refractivity contribution < 1.29 is 14.7 Å². The minimum absolute atomic E-state index is 0.0962. The van der Waals surface area contributed by atoms with Crippen LogP contribution < -0.4 is 11.1 Å². The topological polar surface area (TPSA) is 105 Å². The maximum atomic E-state index is 11.4. The number of amides is 1. The summed E-state index contributed by atoms with van der Waals surface area (Å²) in [6.07, 6.45) is 2.43. The third-order valence-corrected chi connectivity index (χ3v) is 2.97. The van der Waals surface area contributed by atoms with Gasteiger partial charge in [-0.25, -0.2) is 4.98 Å². The molecule has 1 atom stereocenters. The number of nitrogens with two attached hydrogens (primary N) is 1. The van der Waals surface area contributed by atoms with Gasteiger partial charge in [-0.3, -0.25) is 9.59 Å².